The van der Waals surface area contributed by atoms with E-state index in [0.717, 1.165) is 43.0 Å². The normalized spacial score (nSPS) is 15.2. The highest BCUT2D eigenvalue weighted by Crippen LogP contribution is 2.27. The molecule has 1 fully saturated rings. The van der Waals surface area contributed by atoms with Gasteiger partial charge in [0.05, 0.1) is 0 Å². The van der Waals surface area contributed by atoms with Crippen molar-refractivity contribution in [1.29, 1.82) is 5.41 Å². The van der Waals surface area contributed by atoms with E-state index in [1.807, 2.05) is 54.6 Å². The van der Waals surface area contributed by atoms with Crippen LogP contribution in [-0.2, 0) is 0 Å². The standard InChI is InChI=1S/C17H18N2O/c18-17-11-4-5-12-19(17)14-7-6-10-16(13-14)20-15-8-2-1-3-9-15/h1-3,6-10,13,18H,4-5,11-12H2. The Balaban J connectivity index is 1.80. The summed E-state index contributed by atoms with van der Waals surface area (Å²) in [6.07, 6.45) is 3.13. The van der Waals surface area contributed by atoms with Crippen LogP contribution in [0.5, 0.6) is 11.5 Å². The van der Waals surface area contributed by atoms with Gasteiger partial charge in [-0.3, -0.25) is 5.41 Å². The molecule has 1 aliphatic heterocycles. The maximum Gasteiger partial charge on any atom is 0.129 e. The second-order valence-electron chi connectivity index (χ2n) is 4.97. The van der Waals surface area contributed by atoms with Gasteiger partial charge in [0.15, 0.2) is 0 Å². The maximum absolute atomic E-state index is 8.06. The summed E-state index contributed by atoms with van der Waals surface area (Å²) in [6, 6.07) is 17.7. The van der Waals surface area contributed by atoms with E-state index in [-0.39, 0.29) is 0 Å². The topological polar surface area (TPSA) is 36.3 Å². The highest BCUT2D eigenvalue weighted by Gasteiger charge is 2.16. The molecule has 0 amide bonds. The molecule has 2 aromatic rings. The first-order valence-corrected chi connectivity index (χ1v) is 7.01. The molecule has 3 rings (SSSR count). The average Bonchev–Trinajstić information content (AvgIpc) is 2.49. The van der Waals surface area contributed by atoms with Crippen LogP contribution >= 0.6 is 0 Å². The SMILES string of the molecule is N=C1CCCCN1c1cccc(Oc2ccccc2)c1. The third-order valence-electron chi connectivity index (χ3n) is 3.48. The molecular formula is C17H18N2O. The molecule has 102 valence electrons. The maximum atomic E-state index is 8.06. The first-order chi connectivity index (χ1) is 9.83. The van der Waals surface area contributed by atoms with Gasteiger partial charge in [0.1, 0.15) is 17.3 Å². The highest BCUT2D eigenvalue weighted by atomic mass is 16.5. The van der Waals surface area contributed by atoms with E-state index in [1.165, 1.54) is 0 Å². The first-order valence-electron chi connectivity index (χ1n) is 7.01. The fraction of sp³-hybridized carbons (Fsp3) is 0.235. The number of hydrogen-bond donors (Lipinski definition) is 1. The number of ether oxygens (including phenoxy) is 1. The molecule has 1 heterocycles. The third-order valence-corrected chi connectivity index (χ3v) is 3.48. The summed E-state index contributed by atoms with van der Waals surface area (Å²) >= 11 is 0. The second-order valence-corrected chi connectivity index (χ2v) is 4.97. The zero-order valence-electron chi connectivity index (χ0n) is 11.4. The number of nitrogens with one attached hydrogen (secondary N) is 1. The van der Waals surface area contributed by atoms with Crippen LogP contribution in [0, 0.1) is 5.41 Å². The van der Waals surface area contributed by atoms with Crippen molar-refractivity contribution in [3.05, 3.63) is 54.6 Å². The molecule has 0 atom stereocenters. The first kappa shape index (κ1) is 12.7. The van der Waals surface area contributed by atoms with Crippen molar-refractivity contribution in [3.63, 3.8) is 0 Å². The predicted molar refractivity (Wildman–Crippen MR) is 81.9 cm³/mol. The van der Waals surface area contributed by atoms with Crippen molar-refractivity contribution in [2.45, 2.75) is 19.3 Å². The van der Waals surface area contributed by atoms with E-state index < -0.39 is 0 Å². The van der Waals surface area contributed by atoms with E-state index in [4.69, 9.17) is 10.1 Å². The van der Waals surface area contributed by atoms with E-state index in [0.29, 0.717) is 5.84 Å². The zero-order chi connectivity index (χ0) is 13.8. The number of anilines is 1. The van der Waals surface area contributed by atoms with Crippen LogP contribution in [0.3, 0.4) is 0 Å². The molecule has 0 bridgehead atoms. The Labute approximate surface area is 119 Å². The average molecular weight is 266 g/mol. The summed E-state index contributed by atoms with van der Waals surface area (Å²) in [5, 5.41) is 8.06. The van der Waals surface area contributed by atoms with Crippen LogP contribution in [0.2, 0.25) is 0 Å². The van der Waals surface area contributed by atoms with Gasteiger partial charge < -0.3 is 9.64 Å². The Kier molecular flexibility index (Phi) is 3.68. The van der Waals surface area contributed by atoms with Crippen molar-refractivity contribution in [3.8, 4) is 11.5 Å². The summed E-state index contributed by atoms with van der Waals surface area (Å²) in [7, 11) is 0. The van der Waals surface area contributed by atoms with Crippen LogP contribution in [0.15, 0.2) is 54.6 Å². The number of amidine groups is 1. The molecule has 3 heteroatoms. The molecule has 20 heavy (non-hydrogen) atoms. The Morgan fingerprint density at radius 2 is 1.70 bits per heavy atom. The number of piperidine rings is 1. The minimum Gasteiger partial charge on any atom is -0.457 e. The predicted octanol–water partition coefficient (Wildman–Crippen LogP) is 4.45. The smallest absolute Gasteiger partial charge is 0.129 e. The van der Waals surface area contributed by atoms with Gasteiger partial charge in [-0.25, -0.2) is 0 Å². The summed E-state index contributed by atoms with van der Waals surface area (Å²) in [6.45, 7) is 0.924. The molecule has 1 N–H and O–H groups in total. The van der Waals surface area contributed by atoms with Gasteiger partial charge in [0, 0.05) is 24.7 Å². The molecule has 0 aliphatic carbocycles. The van der Waals surface area contributed by atoms with E-state index in [2.05, 4.69) is 4.90 Å². The number of rotatable bonds is 3. The van der Waals surface area contributed by atoms with E-state index in [1.54, 1.807) is 0 Å². The lowest BCUT2D eigenvalue weighted by atomic mass is 10.1. The van der Waals surface area contributed by atoms with Crippen molar-refractivity contribution in [1.82, 2.24) is 0 Å². The Morgan fingerprint density at radius 1 is 0.900 bits per heavy atom. The molecule has 0 aromatic heterocycles. The minimum absolute atomic E-state index is 0.702. The van der Waals surface area contributed by atoms with E-state index >= 15 is 0 Å². The monoisotopic (exact) mass is 266 g/mol. The summed E-state index contributed by atoms with van der Waals surface area (Å²) < 4.78 is 5.85. The second kappa shape index (κ2) is 5.78. The number of hydrogen-bond acceptors (Lipinski definition) is 2. The number of para-hydroxylation sites is 1. The summed E-state index contributed by atoms with van der Waals surface area (Å²) in [5.74, 6) is 2.35. The quantitative estimate of drug-likeness (QED) is 0.891. The minimum atomic E-state index is 0.702. The molecular weight excluding hydrogens is 248 g/mol. The van der Waals surface area contributed by atoms with Crippen LogP contribution in [0.4, 0.5) is 5.69 Å². The Morgan fingerprint density at radius 3 is 2.50 bits per heavy atom. The van der Waals surface area contributed by atoms with Gasteiger partial charge in [-0.05, 0) is 37.1 Å². The highest BCUT2D eigenvalue weighted by molar-refractivity contribution is 5.96. The van der Waals surface area contributed by atoms with Gasteiger partial charge in [0.2, 0.25) is 0 Å². The largest absolute Gasteiger partial charge is 0.457 e. The molecule has 0 unspecified atom stereocenters. The van der Waals surface area contributed by atoms with Gasteiger partial charge in [0.25, 0.3) is 0 Å². The molecule has 3 nitrogen and oxygen atoms in total. The number of nitrogens with zero attached hydrogens (tertiary/aromatic N) is 1. The molecule has 0 radical (unpaired) electrons. The van der Waals surface area contributed by atoms with Crippen molar-refractivity contribution >= 4 is 11.5 Å². The molecule has 2 aromatic carbocycles. The van der Waals surface area contributed by atoms with Crippen LogP contribution < -0.4 is 9.64 Å². The Hall–Kier alpha value is -2.29. The molecule has 0 spiro atoms. The number of benzene rings is 2. The fourth-order valence-electron chi connectivity index (χ4n) is 2.46. The van der Waals surface area contributed by atoms with Gasteiger partial charge >= 0.3 is 0 Å². The molecule has 1 saturated heterocycles. The van der Waals surface area contributed by atoms with E-state index in [9.17, 15) is 0 Å². The lowest BCUT2D eigenvalue weighted by molar-refractivity contribution is 0.482. The van der Waals surface area contributed by atoms with Crippen molar-refractivity contribution in [2.24, 2.45) is 0 Å². The van der Waals surface area contributed by atoms with Gasteiger partial charge in [-0.15, -0.1) is 0 Å². The van der Waals surface area contributed by atoms with Crippen molar-refractivity contribution in [2.75, 3.05) is 11.4 Å². The lowest BCUT2D eigenvalue weighted by Crippen LogP contribution is -2.34. The molecule has 0 saturated carbocycles. The Bertz CT molecular complexity index is 595. The van der Waals surface area contributed by atoms with Gasteiger partial charge in [-0.1, -0.05) is 24.3 Å². The summed E-state index contributed by atoms with van der Waals surface area (Å²) in [5.41, 5.74) is 1.04. The van der Waals surface area contributed by atoms with Crippen molar-refractivity contribution < 1.29 is 4.74 Å². The summed E-state index contributed by atoms with van der Waals surface area (Å²) in [4.78, 5) is 2.07. The van der Waals surface area contributed by atoms with Crippen LogP contribution in [0.1, 0.15) is 19.3 Å². The zero-order valence-corrected chi connectivity index (χ0v) is 11.4. The molecule has 1 aliphatic rings. The van der Waals surface area contributed by atoms with Crippen LogP contribution in [-0.4, -0.2) is 12.4 Å². The lowest BCUT2D eigenvalue weighted by Gasteiger charge is -2.29. The van der Waals surface area contributed by atoms with Gasteiger partial charge in [-0.2, -0.15) is 0 Å². The van der Waals surface area contributed by atoms with Crippen LogP contribution in [0.25, 0.3) is 0 Å². The third kappa shape index (κ3) is 2.82. The fourth-order valence-corrected chi connectivity index (χ4v) is 2.46.